The van der Waals surface area contributed by atoms with E-state index in [1.54, 1.807) is 10.8 Å². The zero-order chi connectivity index (χ0) is 31.1. The van der Waals surface area contributed by atoms with Gasteiger partial charge in [-0.05, 0) is 6.07 Å². The third kappa shape index (κ3) is 5.26. The fourth-order valence-corrected chi connectivity index (χ4v) is 7.73. The van der Waals surface area contributed by atoms with Gasteiger partial charge in [0.05, 0.1) is 6.54 Å². The molecule has 4 aromatic heterocycles. The van der Waals surface area contributed by atoms with Gasteiger partial charge in [0.25, 0.3) is 11.8 Å². The van der Waals surface area contributed by atoms with Crippen LogP contribution in [0.3, 0.4) is 0 Å². The van der Waals surface area contributed by atoms with Crippen molar-refractivity contribution in [3.8, 4) is 0 Å². The van der Waals surface area contributed by atoms with Gasteiger partial charge in [0.15, 0.2) is 23.6 Å². The molecule has 2 amide bonds. The molecule has 2 aliphatic heterocycles. The molecule has 6 heterocycles. The molecule has 2 aliphatic rings. The summed E-state index contributed by atoms with van der Waals surface area (Å²) in [5, 5.41) is 27.9. The van der Waals surface area contributed by atoms with Crippen molar-refractivity contribution < 1.29 is 28.9 Å². The number of nitrogen functional groups attached to an aromatic ring is 2. The number of pyridine rings is 1. The molecule has 0 spiro atoms. The average molecular weight is 654 g/mol. The first-order chi connectivity index (χ1) is 21.2. The number of hydrogen-bond donors (Lipinski definition) is 5. The number of nitrogens with two attached hydrogens (primary N) is 2. The topological polar surface area (TPSA) is 219 Å². The third-order valence-electron chi connectivity index (χ3n) is 7.01. The maximum atomic E-state index is 13.3. The number of nitrogens with zero attached hydrogens (tertiary/aromatic N) is 6. The number of hydrogen-bond acceptors (Lipinski definition) is 12. The normalized spacial score (nSPS) is 18.2. The second-order valence-electron chi connectivity index (χ2n) is 9.70. The number of carboxylic acid groups (broad SMARTS) is 1. The molecule has 7 N–H and O–H groups in total. The molecule has 2 atom stereocenters. The SMILES string of the molecule is CO/N=C(\C(=O)N[C@@H]1C(=O)N2C(C(=O)O)=C(C[n+]3cccc4c3ccn4Cc3nc(C(=N)N)cs3)CS[C@H]12)c1csc(N)n1. The number of carbonyl (C=O) groups is 3. The van der Waals surface area contributed by atoms with Crippen molar-refractivity contribution in [3.63, 3.8) is 0 Å². The van der Waals surface area contributed by atoms with Crippen LogP contribution in [0.25, 0.3) is 11.0 Å². The molecule has 0 radical (unpaired) electrons. The summed E-state index contributed by atoms with van der Waals surface area (Å²) >= 11 is 3.91. The molecule has 0 aliphatic carbocycles. The van der Waals surface area contributed by atoms with E-state index in [0.29, 0.717) is 23.6 Å². The van der Waals surface area contributed by atoms with E-state index in [1.165, 1.54) is 35.1 Å². The summed E-state index contributed by atoms with van der Waals surface area (Å²) in [5.41, 5.74) is 14.0. The number of carbonyl (C=O) groups excluding carboxylic acids is 2. The summed E-state index contributed by atoms with van der Waals surface area (Å²) in [5.74, 6) is -2.20. The van der Waals surface area contributed by atoms with Crippen LogP contribution in [0.1, 0.15) is 16.4 Å². The fraction of sp³-hybridized carbons (Fsp3) is 0.231. The summed E-state index contributed by atoms with van der Waals surface area (Å²) in [6.45, 7) is 0.721. The van der Waals surface area contributed by atoms with Crippen molar-refractivity contribution in [2.24, 2.45) is 10.9 Å². The Bertz CT molecular complexity index is 1890. The predicted molar refractivity (Wildman–Crippen MR) is 164 cm³/mol. The summed E-state index contributed by atoms with van der Waals surface area (Å²) in [4.78, 5) is 53.2. The van der Waals surface area contributed by atoms with Crippen LogP contribution >= 0.6 is 34.4 Å². The van der Waals surface area contributed by atoms with Gasteiger partial charge in [-0.3, -0.25) is 19.9 Å². The van der Waals surface area contributed by atoms with Crippen LogP contribution in [-0.2, 0) is 32.3 Å². The number of amides is 2. The standard InChI is InChI=1S/C26H24N10O5S3/c1-41-33-18(13-10-44-26(29)31-13)22(37)32-19-23(38)36-20(25(39)40)12(9-43-24(19)36)7-34-5-2-3-15-16(34)4-6-35(15)8-17-30-14(11-42-17)21(27)28/h2-6,10-11,19,24H,7-9H2,1H3,(H6-,27,28,29,31,32,37,39,40)/p+1/b33-18-/t19-,24-/m1/s1. The highest BCUT2D eigenvalue weighted by Gasteiger charge is 2.55. The lowest BCUT2D eigenvalue weighted by Crippen LogP contribution is -2.71. The maximum Gasteiger partial charge on any atom is 0.352 e. The minimum Gasteiger partial charge on any atom is -0.477 e. The molecular formula is C26H25N10O5S3+. The number of fused-ring (bicyclic) bond motifs is 2. The summed E-state index contributed by atoms with van der Waals surface area (Å²) in [7, 11) is 1.28. The second kappa shape index (κ2) is 11.7. The monoisotopic (exact) mass is 653 g/mol. The van der Waals surface area contributed by atoms with Gasteiger partial charge in [-0.25, -0.2) is 14.8 Å². The first-order valence-electron chi connectivity index (χ1n) is 13.0. The van der Waals surface area contributed by atoms with Crippen molar-refractivity contribution in [1.29, 1.82) is 5.41 Å². The molecule has 0 unspecified atom stereocenters. The van der Waals surface area contributed by atoms with Crippen LogP contribution in [0.15, 0.2) is 57.8 Å². The minimum atomic E-state index is -1.22. The number of thioether (sulfide) groups is 1. The molecule has 1 fully saturated rings. The van der Waals surface area contributed by atoms with Crippen LogP contribution in [0, 0.1) is 5.41 Å². The first kappa shape index (κ1) is 29.3. The molecule has 0 saturated carbocycles. The van der Waals surface area contributed by atoms with Crippen LogP contribution < -0.4 is 21.4 Å². The van der Waals surface area contributed by atoms with E-state index in [0.717, 1.165) is 27.4 Å². The van der Waals surface area contributed by atoms with Crippen LogP contribution in [0.2, 0.25) is 0 Å². The lowest BCUT2D eigenvalue weighted by Gasteiger charge is -2.49. The number of anilines is 1. The summed E-state index contributed by atoms with van der Waals surface area (Å²) < 4.78 is 3.95. The first-order valence-corrected chi connectivity index (χ1v) is 15.8. The summed E-state index contributed by atoms with van der Waals surface area (Å²) in [6, 6.07) is 4.80. The van der Waals surface area contributed by atoms with E-state index in [-0.39, 0.29) is 34.6 Å². The Morgan fingerprint density at radius 3 is 2.75 bits per heavy atom. The Kier molecular flexibility index (Phi) is 7.78. The Morgan fingerprint density at radius 2 is 2.07 bits per heavy atom. The summed E-state index contributed by atoms with van der Waals surface area (Å²) in [6.07, 6.45) is 3.78. The maximum absolute atomic E-state index is 13.3. The Hall–Kier alpha value is -4.81. The minimum absolute atomic E-state index is 0.0851. The van der Waals surface area contributed by atoms with Crippen molar-refractivity contribution in [3.05, 3.63) is 69.0 Å². The number of amidine groups is 1. The molecule has 0 aromatic carbocycles. The van der Waals surface area contributed by atoms with Gasteiger partial charge in [-0.15, -0.1) is 34.4 Å². The number of aliphatic carboxylic acids is 1. The van der Waals surface area contributed by atoms with Crippen LogP contribution in [-0.4, -0.2) is 78.2 Å². The second-order valence-corrected chi connectivity index (χ2v) is 12.6. The Morgan fingerprint density at radius 1 is 1.27 bits per heavy atom. The molecule has 1 saturated heterocycles. The van der Waals surface area contributed by atoms with Gasteiger partial charge < -0.3 is 31.3 Å². The van der Waals surface area contributed by atoms with E-state index in [9.17, 15) is 19.5 Å². The molecule has 44 heavy (non-hydrogen) atoms. The highest BCUT2D eigenvalue weighted by molar-refractivity contribution is 8.00. The van der Waals surface area contributed by atoms with Gasteiger partial charge >= 0.3 is 5.97 Å². The van der Waals surface area contributed by atoms with E-state index in [1.807, 2.05) is 39.7 Å². The van der Waals surface area contributed by atoms with Crippen molar-refractivity contribution in [2.45, 2.75) is 24.5 Å². The number of thiazole rings is 2. The molecule has 4 aromatic rings. The highest BCUT2D eigenvalue weighted by Crippen LogP contribution is 2.40. The van der Waals surface area contributed by atoms with Crippen molar-refractivity contribution in [1.82, 2.24) is 24.8 Å². The number of aromatic nitrogens is 4. The number of carboxylic acids is 1. The van der Waals surface area contributed by atoms with Crippen LogP contribution in [0.5, 0.6) is 0 Å². The van der Waals surface area contributed by atoms with E-state index in [2.05, 4.69) is 20.4 Å². The van der Waals surface area contributed by atoms with Gasteiger partial charge in [-0.2, -0.15) is 4.57 Å². The number of rotatable bonds is 10. The van der Waals surface area contributed by atoms with Crippen molar-refractivity contribution in [2.75, 3.05) is 18.6 Å². The van der Waals surface area contributed by atoms with Gasteiger partial charge in [0.2, 0.25) is 5.52 Å². The zero-order valence-corrected chi connectivity index (χ0v) is 25.4. The molecule has 226 valence electrons. The number of nitrogens with one attached hydrogen (secondary N) is 2. The van der Waals surface area contributed by atoms with E-state index >= 15 is 0 Å². The fourth-order valence-electron chi connectivity index (χ4n) is 5.06. The Labute approximate surface area is 261 Å². The highest BCUT2D eigenvalue weighted by atomic mass is 32.2. The van der Waals surface area contributed by atoms with Gasteiger partial charge in [0, 0.05) is 40.4 Å². The predicted octanol–water partition coefficient (Wildman–Crippen LogP) is 0.546. The largest absolute Gasteiger partial charge is 0.477 e. The van der Waals surface area contributed by atoms with Crippen LogP contribution in [0.4, 0.5) is 5.13 Å². The number of oxime groups is 1. The number of β-lactam (4-membered cyclic amide) rings is 1. The molecule has 18 heteroatoms. The van der Waals surface area contributed by atoms with Gasteiger partial charge in [0.1, 0.15) is 52.0 Å². The van der Waals surface area contributed by atoms with Crippen molar-refractivity contribution >= 4 is 79.9 Å². The smallest absolute Gasteiger partial charge is 0.352 e. The molecule has 6 rings (SSSR count). The lowest BCUT2D eigenvalue weighted by atomic mass is 10.0. The molecular weight excluding hydrogens is 629 g/mol. The molecule has 0 bridgehead atoms. The quantitative estimate of drug-likeness (QED) is 0.0526. The van der Waals surface area contributed by atoms with E-state index in [4.69, 9.17) is 21.7 Å². The van der Waals surface area contributed by atoms with E-state index < -0.39 is 29.2 Å². The Balaban J connectivity index is 1.22. The van der Waals surface area contributed by atoms with Gasteiger partial charge in [-0.1, -0.05) is 5.16 Å². The molecule has 15 nitrogen and oxygen atoms in total. The third-order valence-corrected chi connectivity index (χ3v) is 9.85. The average Bonchev–Trinajstić information content (AvgIpc) is 3.75. The zero-order valence-electron chi connectivity index (χ0n) is 23.0. The lowest BCUT2D eigenvalue weighted by molar-refractivity contribution is -0.663.